The van der Waals surface area contributed by atoms with Gasteiger partial charge in [0.2, 0.25) is 0 Å². The second-order valence-electron chi connectivity index (χ2n) is 8.95. The lowest BCUT2D eigenvalue weighted by atomic mass is 9.93. The predicted octanol–water partition coefficient (Wildman–Crippen LogP) is 4.02. The van der Waals surface area contributed by atoms with Crippen molar-refractivity contribution in [3.05, 3.63) is 101 Å². The molecule has 6 heteroatoms. The molecule has 0 saturated carbocycles. The Balaban J connectivity index is 1.26. The molecule has 0 saturated heterocycles. The van der Waals surface area contributed by atoms with Crippen LogP contribution in [-0.2, 0) is 25.8 Å². The molecule has 0 spiro atoms. The molecule has 33 heavy (non-hydrogen) atoms. The fourth-order valence-corrected chi connectivity index (χ4v) is 5.18. The van der Waals surface area contributed by atoms with Crippen molar-refractivity contribution in [2.45, 2.75) is 38.3 Å². The molecule has 1 aliphatic heterocycles. The zero-order valence-electron chi connectivity index (χ0n) is 18.3. The normalized spacial score (nSPS) is 17.1. The molecule has 4 heterocycles. The maximum Gasteiger partial charge on any atom is 0.287 e. The molecule has 166 valence electrons. The van der Waals surface area contributed by atoms with E-state index in [2.05, 4.69) is 17.4 Å². The number of fused-ring (bicyclic) bond motifs is 3. The zero-order chi connectivity index (χ0) is 22.4. The van der Waals surface area contributed by atoms with E-state index in [9.17, 15) is 9.59 Å². The summed E-state index contributed by atoms with van der Waals surface area (Å²) in [4.78, 5) is 28.4. The van der Waals surface area contributed by atoms with Gasteiger partial charge in [-0.2, -0.15) is 0 Å². The minimum atomic E-state index is -0.195. The first kappa shape index (κ1) is 19.9. The molecule has 1 aliphatic carbocycles. The van der Waals surface area contributed by atoms with Crippen molar-refractivity contribution in [1.82, 2.24) is 14.6 Å². The number of nitrogens with zero attached hydrogens (tertiary/aromatic N) is 2. The molecule has 1 atom stereocenters. The van der Waals surface area contributed by atoms with Gasteiger partial charge in [0.05, 0.1) is 17.9 Å². The summed E-state index contributed by atoms with van der Waals surface area (Å²) in [6.45, 7) is 0.902. The molecular formula is C27H25N3O3. The van der Waals surface area contributed by atoms with E-state index >= 15 is 0 Å². The van der Waals surface area contributed by atoms with Gasteiger partial charge in [0, 0.05) is 36.6 Å². The number of hydrogen-bond donors (Lipinski definition) is 1. The quantitative estimate of drug-likeness (QED) is 0.522. The van der Waals surface area contributed by atoms with E-state index in [1.165, 1.54) is 5.56 Å². The second-order valence-corrected chi connectivity index (χ2v) is 8.95. The average molecular weight is 440 g/mol. The lowest BCUT2D eigenvalue weighted by molar-refractivity contribution is 0.0627. The summed E-state index contributed by atoms with van der Waals surface area (Å²) in [5, 5.41) is 3.05. The number of aryl methyl sites for hydroxylation is 1. The first-order chi connectivity index (χ1) is 16.2. The fourth-order valence-electron chi connectivity index (χ4n) is 5.18. The predicted molar refractivity (Wildman–Crippen MR) is 124 cm³/mol. The fraction of sp³-hybridized carbons (Fsp3) is 0.259. The highest BCUT2D eigenvalue weighted by atomic mass is 16.3. The molecule has 1 unspecified atom stereocenters. The number of amides is 2. The third-order valence-corrected chi connectivity index (χ3v) is 6.93. The van der Waals surface area contributed by atoms with Crippen LogP contribution in [0.4, 0.5) is 0 Å². The Morgan fingerprint density at radius 2 is 1.88 bits per heavy atom. The van der Waals surface area contributed by atoms with Crippen molar-refractivity contribution in [2.24, 2.45) is 0 Å². The average Bonchev–Trinajstić information content (AvgIpc) is 3.57. The maximum atomic E-state index is 13.6. The van der Waals surface area contributed by atoms with E-state index < -0.39 is 0 Å². The van der Waals surface area contributed by atoms with Crippen LogP contribution in [0.25, 0.3) is 5.52 Å². The van der Waals surface area contributed by atoms with E-state index in [0.717, 1.165) is 41.5 Å². The van der Waals surface area contributed by atoms with Crippen LogP contribution in [0.15, 0.2) is 71.6 Å². The number of carbonyl (C=O) groups excluding carboxylic acids is 2. The summed E-state index contributed by atoms with van der Waals surface area (Å²) in [5.41, 5.74) is 6.19. The van der Waals surface area contributed by atoms with E-state index in [1.807, 2.05) is 58.1 Å². The summed E-state index contributed by atoms with van der Waals surface area (Å²) in [6.07, 6.45) is 9.15. The highest BCUT2D eigenvalue weighted by Gasteiger charge is 2.32. The molecule has 4 aromatic rings. The van der Waals surface area contributed by atoms with Crippen molar-refractivity contribution in [2.75, 3.05) is 6.54 Å². The number of aromatic nitrogens is 1. The van der Waals surface area contributed by atoms with E-state index in [4.69, 9.17) is 4.42 Å². The molecule has 2 amide bonds. The molecule has 3 aromatic heterocycles. The van der Waals surface area contributed by atoms with Crippen molar-refractivity contribution in [3.63, 3.8) is 0 Å². The second kappa shape index (κ2) is 7.96. The highest BCUT2D eigenvalue weighted by Crippen LogP contribution is 2.28. The Bertz CT molecular complexity index is 1330. The van der Waals surface area contributed by atoms with Crippen LogP contribution in [-0.4, -0.2) is 33.7 Å². The van der Waals surface area contributed by atoms with Gasteiger partial charge in [-0.25, -0.2) is 0 Å². The van der Waals surface area contributed by atoms with Crippen LogP contribution < -0.4 is 5.32 Å². The first-order valence-electron chi connectivity index (χ1n) is 11.5. The third-order valence-electron chi connectivity index (χ3n) is 6.93. The van der Waals surface area contributed by atoms with Crippen LogP contribution in [0, 0.1) is 0 Å². The molecule has 1 aromatic carbocycles. The first-order valence-corrected chi connectivity index (χ1v) is 11.5. The van der Waals surface area contributed by atoms with Crippen LogP contribution in [0.3, 0.4) is 0 Å². The molecule has 6 rings (SSSR count). The molecule has 2 aliphatic rings. The topological polar surface area (TPSA) is 67.0 Å². The van der Waals surface area contributed by atoms with Gasteiger partial charge in [-0.1, -0.05) is 30.3 Å². The van der Waals surface area contributed by atoms with Crippen molar-refractivity contribution < 1.29 is 14.0 Å². The van der Waals surface area contributed by atoms with E-state index in [1.54, 1.807) is 6.26 Å². The number of pyridine rings is 1. The summed E-state index contributed by atoms with van der Waals surface area (Å²) in [7, 11) is 0. The lowest BCUT2D eigenvalue weighted by Crippen LogP contribution is -2.50. The van der Waals surface area contributed by atoms with Crippen molar-refractivity contribution in [3.8, 4) is 0 Å². The molecule has 0 fully saturated rings. The van der Waals surface area contributed by atoms with E-state index in [0.29, 0.717) is 30.8 Å². The Morgan fingerprint density at radius 1 is 1.03 bits per heavy atom. The lowest BCUT2D eigenvalue weighted by Gasteiger charge is -2.37. The SMILES string of the molecule is O=C(NCC1Cc2ccccc2CN1C(=O)c1cc2ccccn2c1)c1occ2c1CCC2. The number of hydrogen-bond acceptors (Lipinski definition) is 3. The molecule has 6 nitrogen and oxygen atoms in total. The zero-order valence-corrected chi connectivity index (χ0v) is 18.3. The van der Waals surface area contributed by atoms with E-state index in [-0.39, 0.29) is 17.9 Å². The van der Waals surface area contributed by atoms with Crippen LogP contribution in [0.5, 0.6) is 0 Å². The minimum Gasteiger partial charge on any atom is -0.459 e. The van der Waals surface area contributed by atoms with Crippen LogP contribution in [0.2, 0.25) is 0 Å². The summed E-state index contributed by atoms with van der Waals surface area (Å²) in [5.74, 6) is 0.209. The monoisotopic (exact) mass is 439 g/mol. The largest absolute Gasteiger partial charge is 0.459 e. The van der Waals surface area contributed by atoms with Gasteiger partial charge in [0.15, 0.2) is 5.76 Å². The van der Waals surface area contributed by atoms with Crippen LogP contribution >= 0.6 is 0 Å². The van der Waals surface area contributed by atoms with Gasteiger partial charge in [-0.3, -0.25) is 9.59 Å². The van der Waals surface area contributed by atoms with Crippen LogP contribution in [0.1, 0.15) is 49.6 Å². The number of benzene rings is 1. The molecule has 0 bridgehead atoms. The number of nitrogens with one attached hydrogen (secondary N) is 1. The Morgan fingerprint density at radius 3 is 2.76 bits per heavy atom. The van der Waals surface area contributed by atoms with Gasteiger partial charge < -0.3 is 19.0 Å². The molecular weight excluding hydrogens is 414 g/mol. The Hall–Kier alpha value is -3.80. The smallest absolute Gasteiger partial charge is 0.287 e. The third kappa shape index (κ3) is 3.52. The standard InChI is InChI=1S/C27H25N3O3/c31-26(25-24-10-5-8-20(24)17-33-25)28-14-23-12-18-6-1-2-7-19(18)16-30(23)27(32)21-13-22-9-3-4-11-29(22)15-21/h1-4,6-7,9,11,13,15,17,23H,5,8,10,12,14,16H2,(H,28,31). The maximum absolute atomic E-state index is 13.6. The van der Waals surface area contributed by atoms with Gasteiger partial charge in [-0.15, -0.1) is 0 Å². The van der Waals surface area contributed by atoms with Gasteiger partial charge in [0.1, 0.15) is 0 Å². The minimum absolute atomic E-state index is 0.0219. The van der Waals surface area contributed by atoms with Gasteiger partial charge in [0.25, 0.3) is 11.8 Å². The number of carbonyl (C=O) groups is 2. The summed E-state index contributed by atoms with van der Waals surface area (Å²) in [6, 6.07) is 15.9. The number of rotatable bonds is 4. The summed E-state index contributed by atoms with van der Waals surface area (Å²) < 4.78 is 7.54. The van der Waals surface area contributed by atoms with Crippen molar-refractivity contribution >= 4 is 17.3 Å². The van der Waals surface area contributed by atoms with Gasteiger partial charge in [-0.05, 0) is 60.6 Å². The highest BCUT2D eigenvalue weighted by molar-refractivity contribution is 5.96. The Kier molecular flexibility index (Phi) is 4.79. The Labute approximate surface area is 191 Å². The molecule has 1 N–H and O–H groups in total. The van der Waals surface area contributed by atoms with Gasteiger partial charge >= 0.3 is 0 Å². The molecule has 0 radical (unpaired) electrons. The summed E-state index contributed by atoms with van der Waals surface area (Å²) >= 11 is 0. The van der Waals surface area contributed by atoms with Crippen molar-refractivity contribution in [1.29, 1.82) is 0 Å². The number of furan rings is 1.